The third-order valence-electron chi connectivity index (χ3n) is 3.74. The van der Waals surface area contributed by atoms with Gasteiger partial charge in [0.1, 0.15) is 0 Å². The fourth-order valence-electron chi connectivity index (χ4n) is 2.54. The van der Waals surface area contributed by atoms with Gasteiger partial charge in [-0.25, -0.2) is 4.79 Å². The SMILES string of the molecule is O=C(O)N(CCc1ccccc1)c1ccoc1-c1ccc(Br)cc1. The molecule has 1 N–H and O–H groups in total. The molecule has 0 saturated heterocycles. The first-order valence-corrected chi connectivity index (χ1v) is 8.32. The molecule has 0 unspecified atom stereocenters. The smallest absolute Gasteiger partial charge is 0.411 e. The van der Waals surface area contributed by atoms with Gasteiger partial charge in [-0.1, -0.05) is 58.4 Å². The van der Waals surface area contributed by atoms with Gasteiger partial charge in [0.2, 0.25) is 0 Å². The highest BCUT2D eigenvalue weighted by Crippen LogP contribution is 2.33. The number of carboxylic acid groups (broad SMARTS) is 1. The van der Waals surface area contributed by atoms with Crippen molar-refractivity contribution in [2.75, 3.05) is 11.4 Å². The predicted molar refractivity (Wildman–Crippen MR) is 97.4 cm³/mol. The molecule has 1 heterocycles. The van der Waals surface area contributed by atoms with Gasteiger partial charge in [-0.05, 0) is 24.1 Å². The molecule has 2 aromatic carbocycles. The average Bonchev–Trinajstić information content (AvgIpc) is 3.06. The molecule has 5 heteroatoms. The number of halogens is 1. The van der Waals surface area contributed by atoms with Crippen LogP contribution in [0.2, 0.25) is 0 Å². The maximum atomic E-state index is 11.7. The van der Waals surface area contributed by atoms with Crippen molar-refractivity contribution in [3.8, 4) is 11.3 Å². The fourth-order valence-corrected chi connectivity index (χ4v) is 2.80. The van der Waals surface area contributed by atoms with Gasteiger partial charge in [-0.15, -0.1) is 0 Å². The van der Waals surface area contributed by atoms with Crippen LogP contribution in [0, 0.1) is 0 Å². The molecule has 0 aliphatic heterocycles. The van der Waals surface area contributed by atoms with Crippen molar-refractivity contribution in [2.45, 2.75) is 6.42 Å². The van der Waals surface area contributed by atoms with Crippen LogP contribution >= 0.6 is 15.9 Å². The number of benzene rings is 2. The monoisotopic (exact) mass is 385 g/mol. The van der Waals surface area contributed by atoms with Gasteiger partial charge in [0.15, 0.2) is 5.76 Å². The number of carbonyl (C=O) groups is 1. The van der Waals surface area contributed by atoms with Crippen LogP contribution in [0.1, 0.15) is 5.56 Å². The first-order chi connectivity index (χ1) is 11.6. The normalized spacial score (nSPS) is 10.5. The minimum atomic E-state index is -0.995. The molecule has 122 valence electrons. The van der Waals surface area contributed by atoms with Gasteiger partial charge in [0, 0.05) is 22.6 Å². The summed E-state index contributed by atoms with van der Waals surface area (Å²) in [6.45, 7) is 0.364. The Morgan fingerprint density at radius 1 is 1.04 bits per heavy atom. The zero-order valence-electron chi connectivity index (χ0n) is 12.9. The fraction of sp³-hybridized carbons (Fsp3) is 0.105. The maximum absolute atomic E-state index is 11.7. The summed E-state index contributed by atoms with van der Waals surface area (Å²) >= 11 is 3.40. The van der Waals surface area contributed by atoms with Crippen LogP contribution in [0.5, 0.6) is 0 Å². The first-order valence-electron chi connectivity index (χ1n) is 7.53. The van der Waals surface area contributed by atoms with Crippen LogP contribution in [-0.2, 0) is 6.42 Å². The zero-order valence-corrected chi connectivity index (χ0v) is 14.4. The molecule has 0 bridgehead atoms. The van der Waals surface area contributed by atoms with Crippen LogP contribution in [0.15, 0.2) is 75.8 Å². The summed E-state index contributed by atoms with van der Waals surface area (Å²) in [5.41, 5.74) is 2.49. The summed E-state index contributed by atoms with van der Waals surface area (Å²) in [6.07, 6.45) is 1.16. The van der Waals surface area contributed by atoms with Gasteiger partial charge >= 0.3 is 6.09 Å². The second kappa shape index (κ2) is 7.36. The van der Waals surface area contributed by atoms with E-state index in [4.69, 9.17) is 4.42 Å². The van der Waals surface area contributed by atoms with E-state index in [9.17, 15) is 9.90 Å². The quantitative estimate of drug-likeness (QED) is 0.636. The minimum absolute atomic E-state index is 0.364. The van der Waals surface area contributed by atoms with Crippen molar-refractivity contribution < 1.29 is 14.3 Å². The molecule has 0 fully saturated rings. The molecule has 0 saturated carbocycles. The molecule has 0 aliphatic carbocycles. The first kappa shape index (κ1) is 16.3. The second-order valence-electron chi connectivity index (χ2n) is 5.31. The van der Waals surface area contributed by atoms with Crippen molar-refractivity contribution in [3.05, 3.63) is 77.0 Å². The summed E-state index contributed by atoms with van der Waals surface area (Å²) < 4.78 is 6.51. The number of hydrogen-bond donors (Lipinski definition) is 1. The highest BCUT2D eigenvalue weighted by atomic mass is 79.9. The van der Waals surface area contributed by atoms with E-state index in [2.05, 4.69) is 15.9 Å². The molecular formula is C19H16BrNO3. The Bertz CT molecular complexity index is 812. The van der Waals surface area contributed by atoms with E-state index >= 15 is 0 Å². The van der Waals surface area contributed by atoms with Crippen LogP contribution in [0.4, 0.5) is 10.5 Å². The zero-order chi connectivity index (χ0) is 16.9. The molecular weight excluding hydrogens is 370 g/mol. The van der Waals surface area contributed by atoms with Gasteiger partial charge in [0.05, 0.1) is 12.0 Å². The topological polar surface area (TPSA) is 53.7 Å². The van der Waals surface area contributed by atoms with Gasteiger partial charge < -0.3 is 9.52 Å². The molecule has 3 rings (SSSR count). The third kappa shape index (κ3) is 3.68. The Balaban J connectivity index is 1.86. The number of anilines is 1. The van der Waals surface area contributed by atoms with Crippen molar-refractivity contribution in [2.24, 2.45) is 0 Å². The van der Waals surface area contributed by atoms with E-state index in [0.29, 0.717) is 24.4 Å². The number of nitrogens with zero attached hydrogens (tertiary/aromatic N) is 1. The largest absolute Gasteiger partial charge is 0.465 e. The Kier molecular flexibility index (Phi) is 5.01. The number of rotatable bonds is 5. The Morgan fingerprint density at radius 3 is 2.42 bits per heavy atom. The van der Waals surface area contributed by atoms with Gasteiger partial charge in [-0.2, -0.15) is 0 Å². The van der Waals surface area contributed by atoms with Gasteiger partial charge in [-0.3, -0.25) is 4.90 Å². The van der Waals surface area contributed by atoms with Crippen LogP contribution in [0.25, 0.3) is 11.3 Å². The van der Waals surface area contributed by atoms with E-state index in [-0.39, 0.29) is 0 Å². The van der Waals surface area contributed by atoms with Gasteiger partial charge in [0.25, 0.3) is 0 Å². The van der Waals surface area contributed by atoms with Crippen molar-refractivity contribution in [3.63, 3.8) is 0 Å². The standard InChI is InChI=1S/C19H16BrNO3/c20-16-8-6-15(7-9-16)18-17(11-13-24-18)21(19(22)23)12-10-14-4-2-1-3-5-14/h1-9,11,13H,10,12H2,(H,22,23). The third-order valence-corrected chi connectivity index (χ3v) is 4.27. The molecule has 0 atom stereocenters. The van der Waals surface area contributed by atoms with Crippen LogP contribution in [-0.4, -0.2) is 17.7 Å². The Morgan fingerprint density at radius 2 is 1.75 bits per heavy atom. The molecule has 0 aliphatic rings. The van der Waals surface area contributed by atoms with E-state index in [0.717, 1.165) is 15.6 Å². The number of amides is 1. The second-order valence-corrected chi connectivity index (χ2v) is 6.23. The lowest BCUT2D eigenvalue weighted by Crippen LogP contribution is -2.31. The molecule has 1 aromatic heterocycles. The summed E-state index contributed by atoms with van der Waals surface area (Å²) in [6, 6.07) is 19.1. The molecule has 1 amide bonds. The lowest BCUT2D eigenvalue weighted by Gasteiger charge is -2.19. The molecule has 0 radical (unpaired) electrons. The molecule has 3 aromatic rings. The maximum Gasteiger partial charge on any atom is 0.411 e. The summed E-state index contributed by atoms with van der Waals surface area (Å²) in [5, 5.41) is 9.62. The molecule has 4 nitrogen and oxygen atoms in total. The molecule has 0 spiro atoms. The minimum Gasteiger partial charge on any atom is -0.465 e. The predicted octanol–water partition coefficient (Wildman–Crippen LogP) is 5.44. The summed E-state index contributed by atoms with van der Waals surface area (Å²) in [7, 11) is 0. The summed E-state index contributed by atoms with van der Waals surface area (Å²) in [5.74, 6) is 0.554. The van der Waals surface area contributed by atoms with E-state index in [1.54, 1.807) is 6.07 Å². The van der Waals surface area contributed by atoms with Crippen molar-refractivity contribution in [1.29, 1.82) is 0 Å². The Labute approximate surface area is 148 Å². The Hall–Kier alpha value is -2.53. The lowest BCUT2D eigenvalue weighted by atomic mass is 10.1. The van der Waals surface area contributed by atoms with Crippen LogP contribution < -0.4 is 4.90 Å². The highest BCUT2D eigenvalue weighted by Gasteiger charge is 2.21. The van der Waals surface area contributed by atoms with E-state index in [1.165, 1.54) is 11.2 Å². The van der Waals surface area contributed by atoms with Crippen LogP contribution in [0.3, 0.4) is 0 Å². The average molecular weight is 386 g/mol. The van der Waals surface area contributed by atoms with Crippen molar-refractivity contribution in [1.82, 2.24) is 0 Å². The van der Waals surface area contributed by atoms with E-state index < -0.39 is 6.09 Å². The number of hydrogen-bond acceptors (Lipinski definition) is 2. The highest BCUT2D eigenvalue weighted by molar-refractivity contribution is 9.10. The van der Waals surface area contributed by atoms with Crippen molar-refractivity contribution >= 4 is 27.7 Å². The number of furan rings is 1. The lowest BCUT2D eigenvalue weighted by molar-refractivity contribution is 0.202. The molecule has 24 heavy (non-hydrogen) atoms. The van der Waals surface area contributed by atoms with E-state index in [1.807, 2.05) is 54.6 Å². The summed E-state index contributed by atoms with van der Waals surface area (Å²) in [4.78, 5) is 13.1.